The lowest BCUT2D eigenvalue weighted by Gasteiger charge is -2.11. The van der Waals surface area contributed by atoms with E-state index in [-0.39, 0.29) is 25.1 Å². The molecule has 23 heavy (non-hydrogen) atoms. The number of nitrogens with one attached hydrogen (secondary N) is 2. The van der Waals surface area contributed by atoms with Gasteiger partial charge in [0.05, 0.1) is 12.4 Å². The highest BCUT2D eigenvalue weighted by molar-refractivity contribution is 7.88. The highest BCUT2D eigenvalue weighted by atomic mass is 32.2. The molecule has 0 spiro atoms. The van der Waals surface area contributed by atoms with Crippen molar-refractivity contribution in [3.05, 3.63) is 29.8 Å². The van der Waals surface area contributed by atoms with Crippen molar-refractivity contribution in [2.45, 2.75) is 18.9 Å². The monoisotopic (exact) mass is 342 g/mol. The van der Waals surface area contributed by atoms with Crippen LogP contribution in [0.15, 0.2) is 24.3 Å². The molecule has 0 aromatic heterocycles. The van der Waals surface area contributed by atoms with Crippen molar-refractivity contribution in [2.75, 3.05) is 32.6 Å². The molecule has 1 aliphatic heterocycles. The van der Waals surface area contributed by atoms with Gasteiger partial charge in [-0.05, 0) is 37.1 Å². The van der Waals surface area contributed by atoms with E-state index in [4.69, 9.17) is 9.47 Å². The van der Waals surface area contributed by atoms with Crippen LogP contribution in [0, 0.1) is 0 Å². The van der Waals surface area contributed by atoms with Crippen LogP contribution in [-0.2, 0) is 14.8 Å². The molecule has 0 saturated carbocycles. The third-order valence-electron chi connectivity index (χ3n) is 3.35. The second-order valence-corrected chi connectivity index (χ2v) is 7.23. The first-order valence-electron chi connectivity index (χ1n) is 7.51. The first-order chi connectivity index (χ1) is 10.9. The average molecular weight is 342 g/mol. The Morgan fingerprint density at radius 1 is 1.30 bits per heavy atom. The fourth-order valence-corrected chi connectivity index (χ4v) is 2.65. The van der Waals surface area contributed by atoms with Gasteiger partial charge in [0.15, 0.2) is 0 Å². The summed E-state index contributed by atoms with van der Waals surface area (Å²) in [4.78, 5) is 11.9. The third-order valence-corrected chi connectivity index (χ3v) is 4.08. The van der Waals surface area contributed by atoms with Crippen LogP contribution >= 0.6 is 0 Å². The van der Waals surface area contributed by atoms with Gasteiger partial charge in [0.2, 0.25) is 10.0 Å². The van der Waals surface area contributed by atoms with Crippen LogP contribution in [0.5, 0.6) is 5.75 Å². The van der Waals surface area contributed by atoms with Crippen molar-refractivity contribution < 1.29 is 22.7 Å². The fraction of sp³-hybridized carbons (Fsp3) is 0.533. The fourth-order valence-electron chi connectivity index (χ4n) is 2.18. The lowest BCUT2D eigenvalue weighted by atomic mass is 10.2. The minimum atomic E-state index is -3.23. The highest BCUT2D eigenvalue weighted by Gasteiger charge is 2.16. The number of ether oxygens (including phenoxy) is 2. The van der Waals surface area contributed by atoms with Crippen LogP contribution in [0.1, 0.15) is 23.2 Å². The van der Waals surface area contributed by atoms with Gasteiger partial charge >= 0.3 is 0 Å². The summed E-state index contributed by atoms with van der Waals surface area (Å²) < 4.78 is 35.2. The van der Waals surface area contributed by atoms with E-state index >= 15 is 0 Å². The molecule has 1 atom stereocenters. The Kier molecular flexibility index (Phi) is 6.37. The molecule has 128 valence electrons. The van der Waals surface area contributed by atoms with Gasteiger partial charge < -0.3 is 14.8 Å². The number of benzene rings is 1. The van der Waals surface area contributed by atoms with Crippen molar-refractivity contribution >= 4 is 15.9 Å². The number of carbonyl (C=O) groups is 1. The maximum absolute atomic E-state index is 11.9. The second kappa shape index (κ2) is 8.28. The van der Waals surface area contributed by atoms with E-state index in [9.17, 15) is 13.2 Å². The van der Waals surface area contributed by atoms with E-state index in [2.05, 4.69) is 10.0 Å². The minimum absolute atomic E-state index is 0.153. The molecule has 1 saturated heterocycles. The van der Waals surface area contributed by atoms with Gasteiger partial charge in [-0.25, -0.2) is 13.1 Å². The molecule has 8 heteroatoms. The second-order valence-electron chi connectivity index (χ2n) is 5.39. The van der Waals surface area contributed by atoms with Gasteiger partial charge in [-0.1, -0.05) is 0 Å². The topological polar surface area (TPSA) is 93.7 Å². The lowest BCUT2D eigenvalue weighted by Crippen LogP contribution is -2.34. The quantitative estimate of drug-likeness (QED) is 0.672. The molecule has 7 nitrogen and oxygen atoms in total. The number of rotatable bonds is 8. The van der Waals surface area contributed by atoms with Crippen molar-refractivity contribution in [1.29, 1.82) is 0 Å². The van der Waals surface area contributed by atoms with E-state index < -0.39 is 10.0 Å². The van der Waals surface area contributed by atoms with Crippen molar-refractivity contribution in [1.82, 2.24) is 10.0 Å². The molecule has 1 fully saturated rings. The summed E-state index contributed by atoms with van der Waals surface area (Å²) in [5.74, 6) is 0.432. The summed E-state index contributed by atoms with van der Waals surface area (Å²) in [6, 6.07) is 6.81. The van der Waals surface area contributed by atoms with E-state index in [0.717, 1.165) is 25.7 Å². The third kappa shape index (κ3) is 6.55. The van der Waals surface area contributed by atoms with E-state index in [1.165, 1.54) is 0 Å². The van der Waals surface area contributed by atoms with Crippen molar-refractivity contribution in [3.63, 3.8) is 0 Å². The smallest absolute Gasteiger partial charge is 0.251 e. The Morgan fingerprint density at radius 2 is 2.04 bits per heavy atom. The van der Waals surface area contributed by atoms with Gasteiger partial charge in [-0.2, -0.15) is 0 Å². The summed E-state index contributed by atoms with van der Waals surface area (Å²) in [6.45, 7) is 1.69. The van der Waals surface area contributed by atoms with Crippen LogP contribution < -0.4 is 14.8 Å². The van der Waals surface area contributed by atoms with Crippen LogP contribution in [0.4, 0.5) is 0 Å². The van der Waals surface area contributed by atoms with Crippen LogP contribution in [0.25, 0.3) is 0 Å². The Hall–Kier alpha value is -1.64. The Morgan fingerprint density at radius 3 is 2.65 bits per heavy atom. The average Bonchev–Trinajstić information content (AvgIpc) is 3.02. The number of hydrogen-bond donors (Lipinski definition) is 2. The van der Waals surface area contributed by atoms with Crippen LogP contribution in [-0.4, -0.2) is 53.0 Å². The van der Waals surface area contributed by atoms with E-state index in [1.54, 1.807) is 24.3 Å². The maximum atomic E-state index is 11.9. The summed E-state index contributed by atoms with van der Waals surface area (Å²) >= 11 is 0. The number of carbonyl (C=O) groups excluding carboxylic acids is 1. The largest absolute Gasteiger partial charge is 0.491 e. The molecular formula is C15H22N2O5S. The molecule has 0 bridgehead atoms. The predicted octanol–water partition coefficient (Wildman–Crippen LogP) is 0.523. The van der Waals surface area contributed by atoms with Gasteiger partial charge in [0, 0.05) is 25.3 Å². The van der Waals surface area contributed by atoms with Gasteiger partial charge in [0.1, 0.15) is 12.4 Å². The van der Waals surface area contributed by atoms with Crippen molar-refractivity contribution in [3.8, 4) is 5.75 Å². The minimum Gasteiger partial charge on any atom is -0.491 e. The summed E-state index contributed by atoms with van der Waals surface area (Å²) in [5.41, 5.74) is 0.494. The molecule has 0 aliphatic carbocycles. The summed E-state index contributed by atoms with van der Waals surface area (Å²) in [6.07, 6.45) is 3.31. The molecule has 1 aliphatic rings. The molecule has 1 aromatic rings. The first kappa shape index (κ1) is 17.7. The molecule has 1 aromatic carbocycles. The van der Waals surface area contributed by atoms with Crippen LogP contribution in [0.3, 0.4) is 0 Å². The lowest BCUT2D eigenvalue weighted by molar-refractivity contribution is 0.0679. The maximum Gasteiger partial charge on any atom is 0.251 e. The van der Waals surface area contributed by atoms with E-state index in [0.29, 0.717) is 17.9 Å². The zero-order chi connectivity index (χ0) is 16.7. The number of hydrogen-bond acceptors (Lipinski definition) is 5. The molecular weight excluding hydrogens is 320 g/mol. The summed E-state index contributed by atoms with van der Waals surface area (Å²) in [7, 11) is -3.23. The van der Waals surface area contributed by atoms with Gasteiger partial charge in [-0.3, -0.25) is 4.79 Å². The Bertz CT molecular complexity index is 609. The highest BCUT2D eigenvalue weighted by Crippen LogP contribution is 2.16. The normalized spacial score (nSPS) is 17.9. The molecule has 0 unspecified atom stereocenters. The van der Waals surface area contributed by atoms with Crippen LogP contribution in [0.2, 0.25) is 0 Å². The van der Waals surface area contributed by atoms with E-state index in [1.807, 2.05) is 0 Å². The Balaban J connectivity index is 1.73. The van der Waals surface area contributed by atoms with Gasteiger partial charge in [0.25, 0.3) is 5.91 Å². The first-order valence-corrected chi connectivity index (χ1v) is 9.40. The molecule has 1 amide bonds. The van der Waals surface area contributed by atoms with Gasteiger partial charge in [-0.15, -0.1) is 0 Å². The Labute approximate surface area is 136 Å². The zero-order valence-electron chi connectivity index (χ0n) is 13.1. The number of amides is 1. The SMILES string of the molecule is CS(=O)(=O)NCCNC(=O)c1ccc(OC[C@@H]2CCCO2)cc1. The summed E-state index contributed by atoms with van der Waals surface area (Å²) in [5, 5.41) is 2.64. The molecule has 2 N–H and O–H groups in total. The van der Waals surface area contributed by atoms with Crippen molar-refractivity contribution in [2.24, 2.45) is 0 Å². The number of sulfonamides is 1. The molecule has 2 rings (SSSR count). The predicted molar refractivity (Wildman–Crippen MR) is 86.1 cm³/mol. The molecule has 1 heterocycles. The standard InChI is InChI=1S/C15H22N2O5S/c1-23(19,20)17-9-8-16-15(18)12-4-6-13(7-5-12)22-11-14-3-2-10-21-14/h4-7,14,17H,2-3,8-11H2,1H3,(H,16,18)/t14-/m0/s1. The zero-order valence-corrected chi connectivity index (χ0v) is 13.9. The molecule has 0 radical (unpaired) electrons.